The van der Waals surface area contributed by atoms with Crippen LogP contribution in [-0.2, 0) is 22.6 Å². The first-order chi connectivity index (χ1) is 17.8. The summed E-state index contributed by atoms with van der Waals surface area (Å²) in [4.78, 5) is 44.4. The summed E-state index contributed by atoms with van der Waals surface area (Å²) in [6, 6.07) is 20.0. The summed E-state index contributed by atoms with van der Waals surface area (Å²) < 4.78 is 5.01. The van der Waals surface area contributed by atoms with E-state index >= 15 is 0 Å². The Morgan fingerprint density at radius 1 is 0.946 bits per heavy atom. The molecule has 0 aliphatic heterocycles. The van der Waals surface area contributed by atoms with Crippen LogP contribution >= 0.6 is 11.3 Å². The Bertz CT molecular complexity index is 1180. The van der Waals surface area contributed by atoms with Gasteiger partial charge in [0, 0.05) is 28.0 Å². The number of hydrogen-bond acceptors (Lipinski definition) is 5. The molecule has 3 rings (SSSR count). The standard InChI is InChI=1S/C29H35N3O4S/c1-5-21(3)32(29(35)30-25-15-13-24(14-16-25)28(34)36-6-2)20-27(33)31(18-23-10-8-7-9-11-23)19-26-17-12-22(4)37-26/h7-17,21H,5-6,18-20H2,1-4H3,(H,30,35). The maximum absolute atomic E-state index is 13.6. The van der Waals surface area contributed by atoms with Crippen molar-refractivity contribution in [3.63, 3.8) is 0 Å². The molecule has 1 aromatic heterocycles. The van der Waals surface area contributed by atoms with E-state index < -0.39 is 5.97 Å². The fourth-order valence-electron chi connectivity index (χ4n) is 3.79. The number of urea groups is 1. The van der Waals surface area contributed by atoms with Crippen molar-refractivity contribution in [1.82, 2.24) is 9.80 Å². The highest BCUT2D eigenvalue weighted by Gasteiger charge is 2.25. The van der Waals surface area contributed by atoms with Crippen molar-refractivity contribution in [2.24, 2.45) is 0 Å². The number of esters is 1. The van der Waals surface area contributed by atoms with Crippen LogP contribution in [0.15, 0.2) is 66.7 Å². The maximum atomic E-state index is 13.6. The van der Waals surface area contributed by atoms with Crippen molar-refractivity contribution in [3.8, 4) is 0 Å². The number of ether oxygens (including phenoxy) is 1. The molecule has 3 aromatic rings. The second-order valence-corrected chi connectivity index (χ2v) is 10.2. The number of rotatable bonds is 11. The molecule has 37 heavy (non-hydrogen) atoms. The number of aryl methyl sites for hydroxylation is 1. The van der Waals surface area contributed by atoms with Crippen molar-refractivity contribution in [2.45, 2.75) is 53.2 Å². The van der Waals surface area contributed by atoms with Crippen molar-refractivity contribution in [1.29, 1.82) is 0 Å². The molecule has 8 heteroatoms. The molecule has 0 bridgehead atoms. The zero-order valence-corrected chi connectivity index (χ0v) is 22.7. The SMILES string of the molecule is CCOC(=O)c1ccc(NC(=O)N(CC(=O)N(Cc2ccccc2)Cc2ccc(C)s2)C(C)CC)cc1. The second-order valence-electron chi connectivity index (χ2n) is 8.86. The smallest absolute Gasteiger partial charge is 0.338 e. The fourth-order valence-corrected chi connectivity index (χ4v) is 4.69. The lowest BCUT2D eigenvalue weighted by Crippen LogP contribution is -2.47. The van der Waals surface area contributed by atoms with Gasteiger partial charge in [-0.05, 0) is 69.2 Å². The van der Waals surface area contributed by atoms with E-state index in [9.17, 15) is 14.4 Å². The minimum Gasteiger partial charge on any atom is -0.462 e. The molecule has 1 heterocycles. The maximum Gasteiger partial charge on any atom is 0.338 e. The minimum absolute atomic E-state index is 0.0427. The van der Waals surface area contributed by atoms with Gasteiger partial charge in [-0.1, -0.05) is 37.3 Å². The largest absolute Gasteiger partial charge is 0.462 e. The number of amides is 3. The van der Waals surface area contributed by atoms with E-state index in [4.69, 9.17) is 4.74 Å². The van der Waals surface area contributed by atoms with E-state index in [1.807, 2.05) is 57.2 Å². The van der Waals surface area contributed by atoms with Gasteiger partial charge in [-0.3, -0.25) is 4.79 Å². The summed E-state index contributed by atoms with van der Waals surface area (Å²) >= 11 is 1.67. The van der Waals surface area contributed by atoms with Crippen LogP contribution in [0, 0.1) is 6.92 Å². The van der Waals surface area contributed by atoms with Crippen molar-refractivity contribution in [3.05, 3.63) is 87.6 Å². The van der Waals surface area contributed by atoms with Gasteiger partial charge in [0.25, 0.3) is 0 Å². The molecular formula is C29H35N3O4S. The van der Waals surface area contributed by atoms with Crippen molar-refractivity contribution in [2.75, 3.05) is 18.5 Å². The predicted molar refractivity (Wildman–Crippen MR) is 148 cm³/mol. The number of nitrogens with zero attached hydrogens (tertiary/aromatic N) is 2. The van der Waals surface area contributed by atoms with E-state index in [1.165, 1.54) is 4.88 Å². The van der Waals surface area contributed by atoms with Crippen LogP contribution in [0.25, 0.3) is 0 Å². The van der Waals surface area contributed by atoms with Crippen LogP contribution < -0.4 is 5.32 Å². The normalized spacial score (nSPS) is 11.5. The van der Waals surface area contributed by atoms with E-state index in [2.05, 4.69) is 11.4 Å². The Hall–Kier alpha value is -3.65. The van der Waals surface area contributed by atoms with Crippen molar-refractivity contribution < 1.29 is 19.1 Å². The van der Waals surface area contributed by atoms with Gasteiger partial charge in [-0.25, -0.2) is 9.59 Å². The number of thiophene rings is 1. The highest BCUT2D eigenvalue weighted by atomic mass is 32.1. The molecule has 0 fully saturated rings. The molecular weight excluding hydrogens is 486 g/mol. The number of nitrogens with one attached hydrogen (secondary N) is 1. The van der Waals surface area contributed by atoms with Gasteiger partial charge in [0.2, 0.25) is 5.91 Å². The first kappa shape index (κ1) is 27.9. The van der Waals surface area contributed by atoms with Crippen molar-refractivity contribution >= 4 is 34.9 Å². The minimum atomic E-state index is -0.411. The Morgan fingerprint density at radius 2 is 1.65 bits per heavy atom. The summed E-state index contributed by atoms with van der Waals surface area (Å²) in [6.07, 6.45) is 0.700. The molecule has 0 radical (unpaired) electrons. The van der Waals surface area contributed by atoms with Gasteiger partial charge in [-0.15, -0.1) is 11.3 Å². The Morgan fingerprint density at radius 3 is 2.24 bits per heavy atom. The van der Waals surface area contributed by atoms with E-state index in [1.54, 1.807) is 52.3 Å². The average molecular weight is 522 g/mol. The van der Waals surface area contributed by atoms with Gasteiger partial charge >= 0.3 is 12.0 Å². The zero-order chi connectivity index (χ0) is 26.8. The van der Waals surface area contributed by atoms with Gasteiger partial charge < -0.3 is 19.9 Å². The first-order valence-electron chi connectivity index (χ1n) is 12.5. The molecule has 1 atom stereocenters. The van der Waals surface area contributed by atoms with Gasteiger partial charge in [0.15, 0.2) is 0 Å². The van der Waals surface area contributed by atoms with Crippen LogP contribution in [0.4, 0.5) is 10.5 Å². The van der Waals surface area contributed by atoms with Crippen LogP contribution in [0.5, 0.6) is 0 Å². The molecule has 0 saturated carbocycles. The van der Waals surface area contributed by atoms with Crippen LogP contribution in [0.1, 0.15) is 52.9 Å². The van der Waals surface area contributed by atoms with Crippen LogP contribution in [0.3, 0.4) is 0 Å². The lowest BCUT2D eigenvalue weighted by Gasteiger charge is -2.31. The Balaban J connectivity index is 1.74. The molecule has 1 N–H and O–H groups in total. The molecule has 2 aromatic carbocycles. The number of anilines is 1. The third-order valence-corrected chi connectivity index (χ3v) is 7.03. The molecule has 1 unspecified atom stereocenters. The predicted octanol–water partition coefficient (Wildman–Crippen LogP) is 6.09. The Labute approximate surface area is 223 Å². The lowest BCUT2D eigenvalue weighted by molar-refractivity contribution is -0.133. The lowest BCUT2D eigenvalue weighted by atomic mass is 10.2. The third kappa shape index (κ3) is 8.18. The van der Waals surface area contributed by atoms with Crippen LogP contribution in [0.2, 0.25) is 0 Å². The molecule has 0 spiro atoms. The number of carbonyl (C=O) groups is 3. The topological polar surface area (TPSA) is 79.0 Å². The van der Waals surface area contributed by atoms with Crippen LogP contribution in [-0.4, -0.2) is 46.9 Å². The van der Waals surface area contributed by atoms with E-state index in [0.717, 1.165) is 10.4 Å². The first-order valence-corrected chi connectivity index (χ1v) is 13.3. The summed E-state index contributed by atoms with van der Waals surface area (Å²) in [7, 11) is 0. The molecule has 0 aliphatic rings. The third-order valence-electron chi connectivity index (χ3n) is 6.05. The Kier molecular flexibility index (Phi) is 10.3. The second kappa shape index (κ2) is 13.6. The van der Waals surface area contributed by atoms with E-state index in [0.29, 0.717) is 37.4 Å². The monoisotopic (exact) mass is 521 g/mol. The summed E-state index contributed by atoms with van der Waals surface area (Å²) in [5, 5.41) is 2.87. The summed E-state index contributed by atoms with van der Waals surface area (Å²) in [5.41, 5.74) is 1.98. The summed E-state index contributed by atoms with van der Waals surface area (Å²) in [6.45, 7) is 8.91. The quantitative estimate of drug-likeness (QED) is 0.310. The van der Waals surface area contributed by atoms with E-state index in [-0.39, 0.29) is 24.5 Å². The molecule has 7 nitrogen and oxygen atoms in total. The van der Waals surface area contributed by atoms with Gasteiger partial charge in [0.05, 0.1) is 18.7 Å². The number of benzene rings is 2. The fraction of sp³-hybridized carbons (Fsp3) is 0.345. The summed E-state index contributed by atoms with van der Waals surface area (Å²) in [5.74, 6) is -0.533. The van der Waals surface area contributed by atoms with Gasteiger partial charge in [-0.2, -0.15) is 0 Å². The molecule has 0 aliphatic carbocycles. The molecule has 0 saturated heterocycles. The average Bonchev–Trinajstić information content (AvgIpc) is 3.31. The van der Waals surface area contributed by atoms with Gasteiger partial charge in [0.1, 0.15) is 6.54 Å². The molecule has 3 amide bonds. The number of hydrogen-bond donors (Lipinski definition) is 1. The molecule has 196 valence electrons. The number of carbonyl (C=O) groups excluding carboxylic acids is 3. The highest BCUT2D eigenvalue weighted by molar-refractivity contribution is 7.11. The zero-order valence-electron chi connectivity index (χ0n) is 21.9. The highest BCUT2D eigenvalue weighted by Crippen LogP contribution is 2.20.